The second-order valence-electron chi connectivity index (χ2n) is 8.03. The third-order valence-corrected chi connectivity index (χ3v) is 4.59. The number of hydrogen-bond acceptors (Lipinski definition) is 4. The highest BCUT2D eigenvalue weighted by molar-refractivity contribution is 5.91. The zero-order valence-corrected chi connectivity index (χ0v) is 17.4. The minimum atomic E-state index is -1.04. The van der Waals surface area contributed by atoms with E-state index in [9.17, 15) is 13.6 Å². The summed E-state index contributed by atoms with van der Waals surface area (Å²) in [6.45, 7) is 6.50. The van der Waals surface area contributed by atoms with Crippen molar-refractivity contribution in [1.29, 1.82) is 0 Å². The largest absolute Gasteiger partial charge is 0.494 e. The molecule has 0 unspecified atom stereocenters. The van der Waals surface area contributed by atoms with Gasteiger partial charge in [-0.15, -0.1) is 5.10 Å². The Morgan fingerprint density at radius 3 is 2.47 bits per heavy atom. The summed E-state index contributed by atoms with van der Waals surface area (Å²) in [6.07, 6.45) is 1.61. The fourth-order valence-corrected chi connectivity index (χ4v) is 2.95. The van der Waals surface area contributed by atoms with Crippen molar-refractivity contribution in [3.63, 3.8) is 0 Å². The highest BCUT2D eigenvalue weighted by atomic mass is 19.2. The van der Waals surface area contributed by atoms with Crippen LogP contribution in [0.5, 0.6) is 5.75 Å². The van der Waals surface area contributed by atoms with Gasteiger partial charge >= 0.3 is 0 Å². The van der Waals surface area contributed by atoms with E-state index in [1.54, 1.807) is 0 Å². The van der Waals surface area contributed by atoms with E-state index in [2.05, 4.69) is 36.3 Å². The Labute approximate surface area is 173 Å². The van der Waals surface area contributed by atoms with Crippen molar-refractivity contribution in [2.24, 2.45) is 0 Å². The molecule has 2 aromatic carbocycles. The predicted molar refractivity (Wildman–Crippen MR) is 110 cm³/mol. The number of methoxy groups -OCH3 is 1. The number of aromatic nitrogens is 3. The number of halogens is 2. The number of nitrogens with zero attached hydrogens (tertiary/aromatic N) is 3. The smallest absolute Gasteiger partial charge is 0.230 e. The van der Waals surface area contributed by atoms with Crippen LogP contribution in [0.25, 0.3) is 0 Å². The number of ether oxygens (including phenoxy) is 1. The molecule has 1 N–H and O–H groups in total. The molecule has 0 aliphatic heterocycles. The number of hydrogen-bond donors (Lipinski definition) is 1. The second-order valence-corrected chi connectivity index (χ2v) is 8.03. The molecule has 1 amide bonds. The van der Waals surface area contributed by atoms with Crippen LogP contribution in [0.4, 0.5) is 14.6 Å². The lowest BCUT2D eigenvalue weighted by molar-refractivity contribution is -0.115. The lowest BCUT2D eigenvalue weighted by Crippen LogP contribution is -2.16. The first-order chi connectivity index (χ1) is 14.2. The van der Waals surface area contributed by atoms with E-state index >= 15 is 0 Å². The summed E-state index contributed by atoms with van der Waals surface area (Å²) in [4.78, 5) is 13.6. The average molecular weight is 414 g/mol. The number of benzene rings is 2. The van der Waals surface area contributed by atoms with Gasteiger partial charge in [-0.05, 0) is 34.2 Å². The fraction of sp³-hybridized carbons (Fsp3) is 0.318. The molecule has 0 spiro atoms. The standard InChI is InChI=1S/C22H24F2N4O2/c1-22(2,3)16-7-5-14(6-8-16)11-20(29)26-19-12-25-28(27-19)13-15-9-17(23)21(24)18(10-15)30-4/h5-10,12H,11,13H2,1-4H3,(H,26,27,29). The number of rotatable bonds is 6. The van der Waals surface area contributed by atoms with Gasteiger partial charge in [0.25, 0.3) is 0 Å². The van der Waals surface area contributed by atoms with Crippen molar-refractivity contribution < 1.29 is 18.3 Å². The molecule has 0 aliphatic rings. The van der Waals surface area contributed by atoms with Crippen LogP contribution >= 0.6 is 0 Å². The minimum absolute atomic E-state index is 0.0523. The van der Waals surface area contributed by atoms with Gasteiger partial charge in [-0.1, -0.05) is 45.0 Å². The topological polar surface area (TPSA) is 69.0 Å². The Balaban J connectivity index is 1.61. The van der Waals surface area contributed by atoms with Gasteiger partial charge in [-0.3, -0.25) is 4.79 Å². The molecule has 30 heavy (non-hydrogen) atoms. The third-order valence-electron chi connectivity index (χ3n) is 4.59. The van der Waals surface area contributed by atoms with Crippen LogP contribution in [0.1, 0.15) is 37.5 Å². The van der Waals surface area contributed by atoms with Crippen LogP contribution in [0, 0.1) is 11.6 Å². The monoisotopic (exact) mass is 414 g/mol. The predicted octanol–water partition coefficient (Wildman–Crippen LogP) is 4.09. The van der Waals surface area contributed by atoms with Crippen molar-refractivity contribution in [3.05, 3.63) is 70.9 Å². The molecule has 0 bridgehead atoms. The quantitative estimate of drug-likeness (QED) is 0.660. The van der Waals surface area contributed by atoms with Crippen LogP contribution < -0.4 is 10.1 Å². The Bertz CT molecular complexity index is 1040. The lowest BCUT2D eigenvalue weighted by Gasteiger charge is -2.19. The van der Waals surface area contributed by atoms with Gasteiger partial charge in [-0.2, -0.15) is 14.3 Å². The van der Waals surface area contributed by atoms with Crippen molar-refractivity contribution in [1.82, 2.24) is 15.0 Å². The maximum atomic E-state index is 13.6. The minimum Gasteiger partial charge on any atom is -0.494 e. The molecule has 3 rings (SSSR count). The Morgan fingerprint density at radius 2 is 1.83 bits per heavy atom. The molecule has 1 aromatic heterocycles. The molecule has 1 heterocycles. The van der Waals surface area contributed by atoms with Gasteiger partial charge in [0, 0.05) is 0 Å². The summed E-state index contributed by atoms with van der Waals surface area (Å²) in [5.41, 5.74) is 2.57. The second kappa shape index (κ2) is 8.61. The maximum absolute atomic E-state index is 13.6. The van der Waals surface area contributed by atoms with E-state index in [4.69, 9.17) is 4.74 Å². The van der Waals surface area contributed by atoms with Gasteiger partial charge in [0.1, 0.15) is 0 Å². The number of carbonyl (C=O) groups is 1. The van der Waals surface area contributed by atoms with Crippen molar-refractivity contribution in [2.75, 3.05) is 12.4 Å². The molecule has 0 fully saturated rings. The van der Waals surface area contributed by atoms with E-state index in [1.165, 1.54) is 29.7 Å². The average Bonchev–Trinajstić information content (AvgIpc) is 3.10. The molecule has 0 saturated carbocycles. The van der Waals surface area contributed by atoms with Crippen LogP contribution in [0.3, 0.4) is 0 Å². The highest BCUT2D eigenvalue weighted by Crippen LogP contribution is 2.23. The Morgan fingerprint density at radius 1 is 1.13 bits per heavy atom. The molecule has 0 saturated heterocycles. The number of nitrogens with one attached hydrogen (secondary N) is 1. The zero-order valence-electron chi connectivity index (χ0n) is 17.4. The molecule has 3 aromatic rings. The van der Waals surface area contributed by atoms with E-state index in [1.807, 2.05) is 24.3 Å². The van der Waals surface area contributed by atoms with Gasteiger partial charge in [0.05, 0.1) is 26.3 Å². The lowest BCUT2D eigenvalue weighted by atomic mass is 9.86. The molecule has 8 heteroatoms. The molecule has 0 atom stereocenters. The molecular formula is C22H24F2N4O2. The summed E-state index contributed by atoms with van der Waals surface area (Å²) in [6, 6.07) is 10.4. The third kappa shape index (κ3) is 5.20. The normalized spacial score (nSPS) is 11.4. The van der Waals surface area contributed by atoms with Crippen molar-refractivity contribution in [2.45, 2.75) is 39.2 Å². The van der Waals surface area contributed by atoms with Crippen LogP contribution in [0.15, 0.2) is 42.6 Å². The summed E-state index contributed by atoms with van der Waals surface area (Å²) in [5, 5.41) is 10.9. The van der Waals surface area contributed by atoms with Gasteiger partial charge < -0.3 is 10.1 Å². The molecular weight excluding hydrogens is 390 g/mol. The molecule has 6 nitrogen and oxygen atoms in total. The fourth-order valence-electron chi connectivity index (χ4n) is 2.95. The van der Waals surface area contributed by atoms with Crippen molar-refractivity contribution in [3.8, 4) is 5.75 Å². The zero-order chi connectivity index (χ0) is 21.9. The van der Waals surface area contributed by atoms with E-state index in [-0.39, 0.29) is 35.9 Å². The van der Waals surface area contributed by atoms with Crippen LogP contribution in [-0.2, 0) is 23.2 Å². The first-order valence-corrected chi connectivity index (χ1v) is 9.47. The van der Waals surface area contributed by atoms with Crippen LogP contribution in [-0.4, -0.2) is 28.0 Å². The van der Waals surface area contributed by atoms with E-state index < -0.39 is 11.6 Å². The summed E-state index contributed by atoms with van der Waals surface area (Å²) in [5.74, 6) is -2.19. The molecule has 0 radical (unpaired) electrons. The first-order valence-electron chi connectivity index (χ1n) is 9.47. The van der Waals surface area contributed by atoms with Gasteiger partial charge in [0.15, 0.2) is 17.4 Å². The molecule has 158 valence electrons. The van der Waals surface area contributed by atoms with E-state index in [0.717, 1.165) is 11.6 Å². The SMILES string of the molecule is COc1cc(Cn2ncc(NC(=O)Cc3ccc(C(C)(C)C)cc3)n2)cc(F)c1F. The summed E-state index contributed by atoms with van der Waals surface area (Å²) < 4.78 is 32.0. The van der Waals surface area contributed by atoms with Crippen LogP contribution in [0.2, 0.25) is 0 Å². The van der Waals surface area contributed by atoms with Gasteiger partial charge in [0.2, 0.25) is 11.7 Å². The number of amides is 1. The molecule has 0 aliphatic carbocycles. The van der Waals surface area contributed by atoms with E-state index in [0.29, 0.717) is 5.56 Å². The number of anilines is 1. The van der Waals surface area contributed by atoms with Crippen molar-refractivity contribution >= 4 is 11.7 Å². The first kappa shape index (κ1) is 21.4. The maximum Gasteiger partial charge on any atom is 0.230 e. The Kier molecular flexibility index (Phi) is 6.14. The summed E-state index contributed by atoms with van der Waals surface area (Å²) >= 11 is 0. The summed E-state index contributed by atoms with van der Waals surface area (Å²) in [7, 11) is 1.26. The number of carbonyl (C=O) groups excluding carboxylic acids is 1. The highest BCUT2D eigenvalue weighted by Gasteiger charge is 2.15. The Hall–Kier alpha value is -3.29. The van der Waals surface area contributed by atoms with Gasteiger partial charge in [-0.25, -0.2) is 4.39 Å².